The predicted molar refractivity (Wildman–Crippen MR) is 76.4 cm³/mol. The quantitative estimate of drug-likeness (QED) is 0.744. The maximum absolute atomic E-state index is 4.43. The van der Waals surface area contributed by atoms with Crippen molar-refractivity contribution in [2.75, 3.05) is 0 Å². The van der Waals surface area contributed by atoms with E-state index in [-0.39, 0.29) is 0 Å². The van der Waals surface area contributed by atoms with Crippen LogP contribution in [0.1, 0.15) is 64.4 Å². The number of rotatable bonds is 8. The van der Waals surface area contributed by atoms with Crippen molar-refractivity contribution in [3.63, 3.8) is 0 Å². The molecular weight excluding hydrogens is 228 g/mol. The van der Waals surface area contributed by atoms with Crippen molar-refractivity contribution in [3.8, 4) is 0 Å². The Morgan fingerprint density at radius 1 is 1.24 bits per heavy atom. The minimum absolute atomic E-state index is 0.434. The van der Waals surface area contributed by atoms with E-state index in [1.807, 2.05) is 6.20 Å². The molecule has 0 fully saturated rings. The summed E-state index contributed by atoms with van der Waals surface area (Å²) in [5, 5.41) is 7.07. The van der Waals surface area contributed by atoms with Gasteiger partial charge < -0.3 is 5.32 Å². The van der Waals surface area contributed by atoms with Gasteiger partial charge in [0.25, 0.3) is 0 Å². The molecule has 3 heteroatoms. The average Bonchev–Trinajstić information content (AvgIpc) is 2.87. The van der Waals surface area contributed by atoms with Gasteiger partial charge in [-0.25, -0.2) is 4.98 Å². The first-order valence-electron chi connectivity index (χ1n) is 6.86. The van der Waals surface area contributed by atoms with Crippen molar-refractivity contribution in [3.05, 3.63) is 16.6 Å². The van der Waals surface area contributed by atoms with Crippen LogP contribution in [0.2, 0.25) is 0 Å². The molecule has 1 heterocycles. The van der Waals surface area contributed by atoms with Crippen LogP contribution in [0, 0.1) is 5.92 Å². The second-order valence-corrected chi connectivity index (χ2v) is 5.78. The van der Waals surface area contributed by atoms with E-state index in [9.17, 15) is 0 Å². The summed E-state index contributed by atoms with van der Waals surface area (Å²) < 4.78 is 0. The van der Waals surface area contributed by atoms with Crippen molar-refractivity contribution >= 4 is 11.3 Å². The highest BCUT2D eigenvalue weighted by molar-refractivity contribution is 7.09. The maximum Gasteiger partial charge on any atom is 0.109 e. The van der Waals surface area contributed by atoms with E-state index in [0.717, 1.165) is 12.3 Å². The Bertz CT molecular complexity index is 284. The van der Waals surface area contributed by atoms with Crippen LogP contribution in [0.5, 0.6) is 0 Å². The van der Waals surface area contributed by atoms with Gasteiger partial charge in [-0.15, -0.1) is 11.3 Å². The molecule has 0 spiro atoms. The van der Waals surface area contributed by atoms with Crippen LogP contribution in [0.4, 0.5) is 0 Å². The minimum Gasteiger partial charge on any atom is -0.305 e. The van der Waals surface area contributed by atoms with E-state index in [1.54, 1.807) is 11.3 Å². The Balaban J connectivity index is 2.53. The van der Waals surface area contributed by atoms with Gasteiger partial charge in [-0.2, -0.15) is 0 Å². The minimum atomic E-state index is 0.434. The van der Waals surface area contributed by atoms with Gasteiger partial charge in [0.1, 0.15) is 5.01 Å². The van der Waals surface area contributed by atoms with Gasteiger partial charge in [-0.05, 0) is 25.2 Å². The summed E-state index contributed by atoms with van der Waals surface area (Å²) in [6, 6.07) is 1.06. The Morgan fingerprint density at radius 2 is 2.00 bits per heavy atom. The lowest BCUT2D eigenvalue weighted by Gasteiger charge is -2.25. The molecule has 0 bridgehead atoms. The van der Waals surface area contributed by atoms with Crippen molar-refractivity contribution in [1.82, 2.24) is 10.3 Å². The monoisotopic (exact) mass is 254 g/mol. The molecule has 0 saturated heterocycles. The van der Waals surface area contributed by atoms with Crippen LogP contribution in [0.15, 0.2) is 11.6 Å². The van der Waals surface area contributed by atoms with E-state index >= 15 is 0 Å². The molecule has 0 radical (unpaired) electrons. The summed E-state index contributed by atoms with van der Waals surface area (Å²) in [5.74, 6) is 0.807. The highest BCUT2D eigenvalue weighted by Crippen LogP contribution is 2.22. The fourth-order valence-electron chi connectivity index (χ4n) is 2.06. The van der Waals surface area contributed by atoms with Crippen molar-refractivity contribution in [1.29, 1.82) is 0 Å². The molecule has 0 aliphatic rings. The van der Waals surface area contributed by atoms with Crippen LogP contribution in [0.3, 0.4) is 0 Å². The lowest BCUT2D eigenvalue weighted by Crippen LogP contribution is -2.33. The van der Waals surface area contributed by atoms with E-state index in [4.69, 9.17) is 0 Å². The van der Waals surface area contributed by atoms with Crippen molar-refractivity contribution in [2.24, 2.45) is 5.92 Å². The van der Waals surface area contributed by atoms with E-state index in [0.29, 0.717) is 12.1 Å². The van der Waals surface area contributed by atoms with Gasteiger partial charge in [0.15, 0.2) is 0 Å². The van der Waals surface area contributed by atoms with Gasteiger partial charge in [0, 0.05) is 17.6 Å². The molecule has 3 unspecified atom stereocenters. The molecular formula is C14H26N2S. The van der Waals surface area contributed by atoms with Gasteiger partial charge in [0.05, 0.1) is 6.04 Å². The Hall–Kier alpha value is -0.410. The fourth-order valence-corrected chi connectivity index (χ4v) is 2.84. The molecule has 0 saturated carbocycles. The number of hydrogen-bond acceptors (Lipinski definition) is 3. The number of aromatic nitrogens is 1. The van der Waals surface area contributed by atoms with Crippen LogP contribution in [0.25, 0.3) is 0 Å². The second-order valence-electron chi connectivity index (χ2n) is 4.85. The smallest absolute Gasteiger partial charge is 0.109 e. The summed E-state index contributed by atoms with van der Waals surface area (Å²) in [5.41, 5.74) is 0. The Labute approximate surface area is 110 Å². The van der Waals surface area contributed by atoms with Crippen molar-refractivity contribution < 1.29 is 0 Å². The highest BCUT2D eigenvalue weighted by Gasteiger charge is 2.17. The van der Waals surface area contributed by atoms with E-state index in [1.165, 1.54) is 24.3 Å². The van der Waals surface area contributed by atoms with Gasteiger partial charge >= 0.3 is 0 Å². The molecule has 1 N–H and O–H groups in total. The van der Waals surface area contributed by atoms with E-state index in [2.05, 4.69) is 43.4 Å². The van der Waals surface area contributed by atoms with Crippen LogP contribution in [-0.2, 0) is 0 Å². The molecule has 1 rings (SSSR count). The highest BCUT2D eigenvalue weighted by atomic mass is 32.1. The zero-order valence-electron chi connectivity index (χ0n) is 11.6. The van der Waals surface area contributed by atoms with Crippen molar-refractivity contribution in [2.45, 2.75) is 65.5 Å². The SMILES string of the molecule is CCC(C)CC(CC)NC(CC)c1nccs1. The Morgan fingerprint density at radius 3 is 2.47 bits per heavy atom. The molecule has 1 aromatic heterocycles. The van der Waals surface area contributed by atoms with Crippen LogP contribution in [-0.4, -0.2) is 11.0 Å². The zero-order chi connectivity index (χ0) is 12.7. The fraction of sp³-hybridized carbons (Fsp3) is 0.786. The second kappa shape index (κ2) is 7.83. The maximum atomic E-state index is 4.43. The lowest BCUT2D eigenvalue weighted by molar-refractivity contribution is 0.345. The van der Waals surface area contributed by atoms with Crippen LogP contribution >= 0.6 is 11.3 Å². The summed E-state index contributed by atoms with van der Waals surface area (Å²) in [6.07, 6.45) is 6.76. The zero-order valence-corrected chi connectivity index (χ0v) is 12.4. The first-order valence-corrected chi connectivity index (χ1v) is 7.74. The third kappa shape index (κ3) is 4.76. The van der Waals surface area contributed by atoms with Gasteiger partial charge in [0.2, 0.25) is 0 Å². The van der Waals surface area contributed by atoms with Crippen LogP contribution < -0.4 is 5.32 Å². The molecule has 0 aromatic carbocycles. The number of nitrogens with zero attached hydrogens (tertiary/aromatic N) is 1. The molecule has 2 nitrogen and oxygen atoms in total. The molecule has 0 aliphatic carbocycles. The average molecular weight is 254 g/mol. The number of nitrogens with one attached hydrogen (secondary N) is 1. The molecule has 17 heavy (non-hydrogen) atoms. The predicted octanol–water partition coefficient (Wildman–Crippen LogP) is 4.40. The first kappa shape index (κ1) is 14.7. The summed E-state index contributed by atoms with van der Waals surface area (Å²) in [4.78, 5) is 4.43. The molecule has 3 atom stereocenters. The Kier molecular flexibility index (Phi) is 6.75. The number of hydrogen-bond donors (Lipinski definition) is 1. The molecule has 1 aromatic rings. The molecule has 0 amide bonds. The van der Waals surface area contributed by atoms with Gasteiger partial charge in [-0.3, -0.25) is 0 Å². The third-order valence-electron chi connectivity index (χ3n) is 3.47. The molecule has 0 aliphatic heterocycles. The molecule has 98 valence electrons. The standard InChI is InChI=1S/C14H26N2S/c1-5-11(4)10-12(6-2)16-13(7-3)14-15-8-9-17-14/h8-9,11-13,16H,5-7,10H2,1-4H3. The van der Waals surface area contributed by atoms with E-state index < -0.39 is 0 Å². The normalized spacial score (nSPS) is 16.7. The first-order chi connectivity index (χ1) is 8.21. The van der Waals surface area contributed by atoms with Gasteiger partial charge in [-0.1, -0.05) is 34.1 Å². The lowest BCUT2D eigenvalue weighted by atomic mass is 9.97. The summed E-state index contributed by atoms with van der Waals surface area (Å²) in [6.45, 7) is 9.12. The summed E-state index contributed by atoms with van der Waals surface area (Å²) >= 11 is 1.76. The number of thiazole rings is 1. The summed E-state index contributed by atoms with van der Waals surface area (Å²) in [7, 11) is 0. The third-order valence-corrected chi connectivity index (χ3v) is 4.36. The topological polar surface area (TPSA) is 24.9 Å². The largest absolute Gasteiger partial charge is 0.305 e.